The zero-order valence-electron chi connectivity index (χ0n) is 33.7. The van der Waals surface area contributed by atoms with Gasteiger partial charge in [0.15, 0.2) is 5.82 Å². The third-order valence-electron chi connectivity index (χ3n) is 12.1. The van der Waals surface area contributed by atoms with E-state index < -0.39 is 0 Å². The van der Waals surface area contributed by atoms with E-state index >= 15 is 0 Å². The average Bonchev–Trinajstić information content (AvgIpc) is 3.88. The predicted octanol–water partition coefficient (Wildman–Crippen LogP) is 15.0. The number of rotatable bonds is 7. The van der Waals surface area contributed by atoms with Gasteiger partial charge < -0.3 is 9.13 Å². The molecule has 0 aliphatic heterocycles. The van der Waals surface area contributed by atoms with Gasteiger partial charge in [-0.15, -0.1) is 0 Å². The first kappa shape index (κ1) is 35.6. The van der Waals surface area contributed by atoms with Gasteiger partial charge in [-0.25, -0.2) is 9.97 Å². The van der Waals surface area contributed by atoms with Gasteiger partial charge in [0, 0.05) is 49.6 Å². The van der Waals surface area contributed by atoms with E-state index in [1.165, 1.54) is 49.2 Å². The van der Waals surface area contributed by atoms with Crippen LogP contribution in [0, 0.1) is 0 Å². The Morgan fingerprint density at radius 1 is 0.274 bits per heavy atom. The molecule has 0 radical (unpaired) electrons. The Labute approximate surface area is 359 Å². The van der Waals surface area contributed by atoms with Crippen molar-refractivity contribution in [3.05, 3.63) is 231 Å². The number of hydrogen-bond acceptors (Lipinski definition) is 2. The van der Waals surface area contributed by atoms with Crippen molar-refractivity contribution in [2.75, 3.05) is 0 Å². The maximum atomic E-state index is 5.29. The first-order valence-corrected chi connectivity index (χ1v) is 21.1. The molecule has 0 saturated heterocycles. The minimum atomic E-state index is 0.676. The number of para-hydroxylation sites is 3. The van der Waals surface area contributed by atoms with E-state index in [0.717, 1.165) is 56.1 Å². The fraction of sp³-hybridized carbons (Fsp3) is 0. The van der Waals surface area contributed by atoms with Crippen LogP contribution in [0.25, 0.3) is 111 Å². The lowest BCUT2D eigenvalue weighted by molar-refractivity contribution is 1.16. The summed E-state index contributed by atoms with van der Waals surface area (Å²) in [5.41, 5.74) is 16.3. The number of hydrogen-bond donors (Lipinski definition) is 0. The van der Waals surface area contributed by atoms with E-state index in [0.29, 0.717) is 5.82 Å². The summed E-state index contributed by atoms with van der Waals surface area (Å²) in [6, 6.07) is 82.0. The van der Waals surface area contributed by atoms with E-state index in [1.807, 2.05) is 0 Å². The van der Waals surface area contributed by atoms with Crippen LogP contribution in [0.1, 0.15) is 0 Å². The Morgan fingerprint density at radius 2 is 0.758 bits per heavy atom. The molecule has 3 heterocycles. The molecule has 0 N–H and O–H groups in total. The molecule has 290 valence electrons. The van der Waals surface area contributed by atoms with Crippen LogP contribution >= 0.6 is 0 Å². The topological polar surface area (TPSA) is 35.6 Å². The van der Waals surface area contributed by atoms with Crippen molar-refractivity contribution in [3.63, 3.8) is 0 Å². The monoisotopic (exact) mass is 790 g/mol. The zero-order valence-corrected chi connectivity index (χ0v) is 33.7. The van der Waals surface area contributed by atoms with E-state index in [1.54, 1.807) is 0 Å². The van der Waals surface area contributed by atoms with Crippen molar-refractivity contribution in [3.8, 4) is 67.5 Å². The van der Waals surface area contributed by atoms with Crippen molar-refractivity contribution in [1.82, 2.24) is 19.1 Å². The van der Waals surface area contributed by atoms with Crippen LogP contribution in [0.4, 0.5) is 0 Å². The highest BCUT2D eigenvalue weighted by Crippen LogP contribution is 2.42. The van der Waals surface area contributed by atoms with Gasteiger partial charge in [0.2, 0.25) is 0 Å². The predicted molar refractivity (Wildman–Crippen MR) is 258 cm³/mol. The van der Waals surface area contributed by atoms with E-state index in [4.69, 9.17) is 9.97 Å². The molecule has 4 nitrogen and oxygen atoms in total. The Hall–Kier alpha value is -8.34. The van der Waals surface area contributed by atoms with Gasteiger partial charge in [0.25, 0.3) is 0 Å². The minimum Gasteiger partial charge on any atom is -0.309 e. The lowest BCUT2D eigenvalue weighted by Crippen LogP contribution is -1.98. The molecule has 0 unspecified atom stereocenters. The minimum absolute atomic E-state index is 0.676. The van der Waals surface area contributed by atoms with Crippen LogP contribution in [-0.2, 0) is 0 Å². The summed E-state index contributed by atoms with van der Waals surface area (Å²) in [6.07, 6.45) is 0. The van der Waals surface area contributed by atoms with Crippen molar-refractivity contribution in [1.29, 1.82) is 0 Å². The SMILES string of the molecule is c1ccc(-c2cccc(-c3cc(-c4cccc(-c5ccccc5)c4)nc(-c4ccc(-n5c6ccccc6c6ccc7c(c8ccccc8n7-c7ccccc7)c65)cc4)n3)c2)cc1. The summed E-state index contributed by atoms with van der Waals surface area (Å²) in [7, 11) is 0. The molecular formula is C58H38N4. The maximum Gasteiger partial charge on any atom is 0.160 e. The van der Waals surface area contributed by atoms with Crippen molar-refractivity contribution in [2.45, 2.75) is 0 Å². The second-order valence-corrected chi connectivity index (χ2v) is 15.8. The highest BCUT2D eigenvalue weighted by Gasteiger charge is 2.21. The largest absolute Gasteiger partial charge is 0.309 e. The number of nitrogens with zero attached hydrogens (tertiary/aromatic N) is 4. The van der Waals surface area contributed by atoms with Crippen LogP contribution in [0.5, 0.6) is 0 Å². The summed E-state index contributed by atoms with van der Waals surface area (Å²) in [4.78, 5) is 10.6. The van der Waals surface area contributed by atoms with Crippen LogP contribution in [0.2, 0.25) is 0 Å². The molecule has 3 aromatic heterocycles. The second kappa shape index (κ2) is 14.7. The molecule has 0 aliphatic rings. The average molecular weight is 791 g/mol. The smallest absolute Gasteiger partial charge is 0.160 e. The molecule has 0 fully saturated rings. The summed E-state index contributed by atoms with van der Waals surface area (Å²) >= 11 is 0. The van der Waals surface area contributed by atoms with E-state index in [-0.39, 0.29) is 0 Å². The molecule has 0 saturated carbocycles. The first-order valence-electron chi connectivity index (χ1n) is 21.1. The fourth-order valence-corrected chi connectivity index (χ4v) is 9.24. The molecule has 9 aromatic carbocycles. The first-order chi connectivity index (χ1) is 30.7. The van der Waals surface area contributed by atoms with Gasteiger partial charge in [-0.2, -0.15) is 0 Å². The van der Waals surface area contributed by atoms with Crippen molar-refractivity contribution >= 4 is 43.6 Å². The molecule has 0 bridgehead atoms. The summed E-state index contributed by atoms with van der Waals surface area (Å²) in [5, 5.41) is 4.91. The summed E-state index contributed by atoms with van der Waals surface area (Å²) in [5.74, 6) is 0.676. The highest BCUT2D eigenvalue weighted by molar-refractivity contribution is 6.26. The molecule has 62 heavy (non-hydrogen) atoms. The Balaban J connectivity index is 1.04. The Bertz CT molecular complexity index is 3500. The van der Waals surface area contributed by atoms with Gasteiger partial charge in [0.1, 0.15) is 0 Å². The molecule has 0 spiro atoms. The third-order valence-corrected chi connectivity index (χ3v) is 12.1. The summed E-state index contributed by atoms with van der Waals surface area (Å²) < 4.78 is 4.83. The normalized spacial score (nSPS) is 11.5. The molecular weight excluding hydrogens is 753 g/mol. The molecule has 0 aliphatic carbocycles. The molecule has 4 heteroatoms. The number of fused-ring (bicyclic) bond motifs is 7. The molecule has 0 atom stereocenters. The van der Waals surface area contributed by atoms with Gasteiger partial charge in [-0.05, 0) is 95.1 Å². The lowest BCUT2D eigenvalue weighted by Gasteiger charge is -2.13. The molecule has 12 aromatic rings. The van der Waals surface area contributed by atoms with Gasteiger partial charge in [0.05, 0.1) is 33.5 Å². The molecule has 12 rings (SSSR count). The standard InChI is InChI=1S/C58H38N4/c1-4-16-39(17-5-1)42-20-14-22-44(36-42)51-38-52(45-23-15-21-43(37-45)40-18-6-2-7-19-40)60-58(59-51)41-30-32-47(33-31-41)62-53-28-12-10-26-48(53)49-34-35-55-56(57(49)62)50-27-11-13-29-54(50)61(55)46-24-8-3-9-25-46/h1-38H. The third kappa shape index (κ3) is 6.00. The highest BCUT2D eigenvalue weighted by atomic mass is 15.0. The van der Waals surface area contributed by atoms with Crippen LogP contribution in [-0.4, -0.2) is 19.1 Å². The summed E-state index contributed by atoms with van der Waals surface area (Å²) in [6.45, 7) is 0. The van der Waals surface area contributed by atoms with E-state index in [9.17, 15) is 0 Å². The van der Waals surface area contributed by atoms with E-state index in [2.05, 4.69) is 240 Å². The lowest BCUT2D eigenvalue weighted by atomic mass is 9.99. The van der Waals surface area contributed by atoms with Crippen LogP contribution in [0.15, 0.2) is 231 Å². The number of benzene rings is 9. The Kier molecular flexibility index (Phi) is 8.46. The van der Waals surface area contributed by atoms with Crippen molar-refractivity contribution in [2.24, 2.45) is 0 Å². The molecule has 0 amide bonds. The quantitative estimate of drug-likeness (QED) is 0.161. The Morgan fingerprint density at radius 3 is 1.37 bits per heavy atom. The van der Waals surface area contributed by atoms with Crippen molar-refractivity contribution < 1.29 is 0 Å². The van der Waals surface area contributed by atoms with Gasteiger partial charge >= 0.3 is 0 Å². The second-order valence-electron chi connectivity index (χ2n) is 15.8. The number of aromatic nitrogens is 4. The van der Waals surface area contributed by atoms with Gasteiger partial charge in [-0.3, -0.25) is 0 Å². The fourth-order valence-electron chi connectivity index (χ4n) is 9.24. The van der Waals surface area contributed by atoms with Crippen LogP contribution < -0.4 is 0 Å². The maximum absolute atomic E-state index is 5.29. The van der Waals surface area contributed by atoms with Crippen LogP contribution in [0.3, 0.4) is 0 Å². The zero-order chi connectivity index (χ0) is 41.0. The van der Waals surface area contributed by atoms with Gasteiger partial charge in [-0.1, -0.05) is 158 Å².